The largest absolute Gasteiger partial charge is 0.489 e. The van der Waals surface area contributed by atoms with Crippen molar-refractivity contribution in [1.82, 2.24) is 14.7 Å². The number of rotatable bonds is 8. The molecular formula is C23H27N3O3. The molecule has 0 unspecified atom stereocenters. The molecule has 29 heavy (non-hydrogen) atoms. The maximum absolute atomic E-state index is 10.7. The summed E-state index contributed by atoms with van der Waals surface area (Å²) in [5.74, 6) is 1.79. The van der Waals surface area contributed by atoms with Crippen LogP contribution < -0.4 is 4.74 Å². The molecule has 0 aliphatic carbocycles. The van der Waals surface area contributed by atoms with Crippen molar-refractivity contribution in [3.63, 3.8) is 0 Å². The summed E-state index contributed by atoms with van der Waals surface area (Å²) in [6.45, 7) is 6.83. The Morgan fingerprint density at radius 3 is 2.79 bits per heavy atom. The second kappa shape index (κ2) is 8.68. The van der Waals surface area contributed by atoms with E-state index in [1.54, 1.807) is 6.26 Å². The number of benzene rings is 1. The van der Waals surface area contributed by atoms with E-state index in [9.17, 15) is 5.11 Å². The lowest BCUT2D eigenvalue weighted by atomic mass is 10.1. The minimum Gasteiger partial charge on any atom is -0.489 e. The topological polar surface area (TPSA) is 63.7 Å². The monoisotopic (exact) mass is 393 g/mol. The lowest BCUT2D eigenvalue weighted by Crippen LogP contribution is -2.36. The van der Waals surface area contributed by atoms with Crippen LogP contribution >= 0.6 is 0 Å². The van der Waals surface area contributed by atoms with Gasteiger partial charge in [0.05, 0.1) is 31.2 Å². The molecule has 6 heteroatoms. The number of fused-ring (bicyclic) bond motifs is 1. The van der Waals surface area contributed by atoms with Gasteiger partial charge in [-0.05, 0) is 49.8 Å². The first-order chi connectivity index (χ1) is 14.1. The lowest BCUT2D eigenvalue weighted by molar-refractivity contribution is 0.0910. The molecule has 1 aliphatic heterocycles. The van der Waals surface area contributed by atoms with Crippen molar-refractivity contribution in [2.24, 2.45) is 0 Å². The molecule has 0 spiro atoms. The van der Waals surface area contributed by atoms with Gasteiger partial charge in [-0.1, -0.05) is 18.2 Å². The summed E-state index contributed by atoms with van der Waals surface area (Å²) in [5.41, 5.74) is 4.29. The molecule has 0 radical (unpaired) electrons. The third-order valence-electron chi connectivity index (χ3n) is 5.03. The van der Waals surface area contributed by atoms with Crippen LogP contribution in [0.4, 0.5) is 0 Å². The van der Waals surface area contributed by atoms with Crippen LogP contribution in [-0.2, 0) is 13.1 Å². The quantitative estimate of drug-likeness (QED) is 0.635. The van der Waals surface area contributed by atoms with E-state index < -0.39 is 6.10 Å². The van der Waals surface area contributed by atoms with Gasteiger partial charge in [0, 0.05) is 24.3 Å². The highest BCUT2D eigenvalue weighted by molar-refractivity contribution is 5.62. The van der Waals surface area contributed by atoms with Crippen molar-refractivity contribution >= 4 is 6.08 Å². The smallest absolute Gasteiger partial charge is 0.127 e. The first-order valence-electron chi connectivity index (χ1n) is 9.92. The van der Waals surface area contributed by atoms with E-state index in [2.05, 4.69) is 22.1 Å². The van der Waals surface area contributed by atoms with Crippen LogP contribution in [0.15, 0.2) is 58.7 Å². The predicted molar refractivity (Wildman–Crippen MR) is 112 cm³/mol. The summed E-state index contributed by atoms with van der Waals surface area (Å²) >= 11 is 0. The Morgan fingerprint density at radius 1 is 1.17 bits per heavy atom. The molecule has 0 saturated carbocycles. The van der Waals surface area contributed by atoms with Crippen LogP contribution in [0.2, 0.25) is 0 Å². The van der Waals surface area contributed by atoms with Crippen LogP contribution in [0.5, 0.6) is 5.75 Å². The molecule has 2 aromatic heterocycles. The Morgan fingerprint density at radius 2 is 2.03 bits per heavy atom. The van der Waals surface area contributed by atoms with Crippen molar-refractivity contribution in [3.05, 3.63) is 77.0 Å². The van der Waals surface area contributed by atoms with Crippen molar-refractivity contribution in [2.45, 2.75) is 33.0 Å². The number of hydrogen-bond donors (Lipinski definition) is 1. The fraction of sp³-hybridized carbons (Fsp3) is 0.348. The van der Waals surface area contributed by atoms with Gasteiger partial charge >= 0.3 is 0 Å². The van der Waals surface area contributed by atoms with E-state index in [1.807, 2.05) is 54.9 Å². The van der Waals surface area contributed by atoms with Crippen molar-refractivity contribution in [1.29, 1.82) is 0 Å². The van der Waals surface area contributed by atoms with Gasteiger partial charge in [0.1, 0.15) is 18.1 Å². The van der Waals surface area contributed by atoms with Crippen molar-refractivity contribution in [2.75, 3.05) is 19.7 Å². The molecule has 1 atom stereocenters. The third-order valence-corrected chi connectivity index (χ3v) is 5.03. The zero-order valence-electron chi connectivity index (χ0n) is 16.9. The van der Waals surface area contributed by atoms with Gasteiger partial charge in [-0.15, -0.1) is 0 Å². The molecule has 0 amide bonds. The summed E-state index contributed by atoms with van der Waals surface area (Å²) < 4.78 is 13.3. The Labute approximate surface area is 171 Å². The minimum atomic E-state index is -0.541. The molecule has 1 N–H and O–H groups in total. The lowest BCUT2D eigenvalue weighted by Gasteiger charge is -2.27. The van der Waals surface area contributed by atoms with Crippen molar-refractivity contribution < 1.29 is 14.3 Å². The number of aromatic nitrogens is 2. The molecule has 0 fully saturated rings. The first-order valence-corrected chi connectivity index (χ1v) is 9.92. The van der Waals surface area contributed by atoms with E-state index >= 15 is 0 Å². The second-order valence-corrected chi connectivity index (χ2v) is 7.64. The fourth-order valence-corrected chi connectivity index (χ4v) is 3.76. The van der Waals surface area contributed by atoms with Gasteiger partial charge in [0.25, 0.3) is 0 Å². The second-order valence-electron chi connectivity index (χ2n) is 7.64. The van der Waals surface area contributed by atoms with Gasteiger partial charge in [0.2, 0.25) is 0 Å². The standard InChI is InChI=1S/C23H27N3O3/c1-17-10-18(2)26(24-17)14-21(27)13-25(15-22-7-5-9-28-22)12-19-11-20-6-3-4-8-23(20)29-16-19/h3-11,21,27H,12-16H2,1-2H3/t21-/m1/s1. The van der Waals surface area contributed by atoms with E-state index in [0.29, 0.717) is 32.8 Å². The maximum atomic E-state index is 10.7. The molecule has 6 nitrogen and oxygen atoms in total. The average molecular weight is 393 g/mol. The summed E-state index contributed by atoms with van der Waals surface area (Å²) in [6.07, 6.45) is 3.32. The fourth-order valence-electron chi connectivity index (χ4n) is 3.76. The van der Waals surface area contributed by atoms with Gasteiger partial charge in [-0.3, -0.25) is 9.58 Å². The van der Waals surface area contributed by atoms with Gasteiger partial charge in [-0.25, -0.2) is 0 Å². The van der Waals surface area contributed by atoms with Crippen molar-refractivity contribution in [3.8, 4) is 5.75 Å². The zero-order chi connectivity index (χ0) is 20.2. The van der Waals surface area contributed by atoms with Gasteiger partial charge < -0.3 is 14.3 Å². The Balaban J connectivity index is 1.46. The average Bonchev–Trinajstić information content (AvgIpc) is 3.31. The highest BCUT2D eigenvalue weighted by atomic mass is 16.5. The number of ether oxygens (including phenoxy) is 1. The van der Waals surface area contributed by atoms with Crippen LogP contribution in [0.25, 0.3) is 6.08 Å². The molecule has 152 valence electrons. The summed E-state index contributed by atoms with van der Waals surface area (Å²) in [5, 5.41) is 15.2. The molecule has 0 saturated heterocycles. The highest BCUT2D eigenvalue weighted by Gasteiger charge is 2.19. The molecule has 4 rings (SSSR count). The first kappa shape index (κ1) is 19.5. The third kappa shape index (κ3) is 4.96. The number of aryl methyl sites for hydroxylation is 2. The Hall–Kier alpha value is -2.83. The Bertz CT molecular complexity index is 975. The minimum absolute atomic E-state index is 0.465. The summed E-state index contributed by atoms with van der Waals surface area (Å²) in [4.78, 5) is 2.19. The highest BCUT2D eigenvalue weighted by Crippen LogP contribution is 2.26. The summed E-state index contributed by atoms with van der Waals surface area (Å²) in [6, 6.07) is 13.9. The number of aliphatic hydroxyl groups is 1. The molecule has 3 heterocycles. The van der Waals surface area contributed by atoms with Gasteiger partial charge in [-0.2, -0.15) is 5.10 Å². The van der Waals surface area contributed by atoms with E-state index in [4.69, 9.17) is 9.15 Å². The molecule has 1 aliphatic rings. The number of hydrogen-bond acceptors (Lipinski definition) is 5. The Kier molecular flexibility index (Phi) is 5.83. The van der Waals surface area contributed by atoms with E-state index in [-0.39, 0.29) is 0 Å². The van der Waals surface area contributed by atoms with Crippen LogP contribution in [0.3, 0.4) is 0 Å². The van der Waals surface area contributed by atoms with Crippen LogP contribution in [-0.4, -0.2) is 45.6 Å². The van der Waals surface area contributed by atoms with E-state index in [1.165, 1.54) is 5.57 Å². The molecule has 3 aromatic rings. The van der Waals surface area contributed by atoms with Gasteiger partial charge in [0.15, 0.2) is 0 Å². The number of nitrogens with zero attached hydrogens (tertiary/aromatic N) is 3. The zero-order valence-corrected chi connectivity index (χ0v) is 16.9. The summed E-state index contributed by atoms with van der Waals surface area (Å²) in [7, 11) is 0. The molecular weight excluding hydrogens is 366 g/mol. The van der Waals surface area contributed by atoms with E-state index in [0.717, 1.165) is 28.5 Å². The van der Waals surface area contributed by atoms with Crippen LogP contribution in [0.1, 0.15) is 22.7 Å². The number of para-hydroxylation sites is 1. The predicted octanol–water partition coefficient (Wildman–Crippen LogP) is 3.43. The molecule has 0 bridgehead atoms. The number of aliphatic hydroxyl groups excluding tert-OH is 1. The number of furan rings is 1. The molecule has 1 aromatic carbocycles. The SMILES string of the molecule is Cc1cc(C)n(C[C@H](O)CN(CC2=Cc3ccccc3OC2)Cc2ccco2)n1. The normalized spacial score (nSPS) is 14.4. The maximum Gasteiger partial charge on any atom is 0.127 e. The van der Waals surface area contributed by atoms with Crippen LogP contribution in [0, 0.1) is 13.8 Å².